The van der Waals surface area contributed by atoms with E-state index in [0.29, 0.717) is 0 Å². The Bertz CT molecular complexity index is 631. The van der Waals surface area contributed by atoms with Crippen molar-refractivity contribution < 1.29 is 0 Å². The standard InChI is InChI=1S/C22H32Si2/c1-22(19-14-10-8-11-15-19,20-16-12-9-13-17-20)18-21(23(2,3)4)24(5,6)7/h8-18H,1-7H3. The Hall–Kier alpha value is -1.39. The molecule has 0 spiro atoms. The average molecular weight is 353 g/mol. The third kappa shape index (κ3) is 4.17. The van der Waals surface area contributed by atoms with Crippen molar-refractivity contribution in [3.8, 4) is 0 Å². The van der Waals surface area contributed by atoms with Crippen LogP contribution in [0.4, 0.5) is 0 Å². The first kappa shape index (κ1) is 18.9. The first-order chi connectivity index (χ1) is 11.0. The zero-order chi connectivity index (χ0) is 18.0. The van der Waals surface area contributed by atoms with Crippen molar-refractivity contribution in [2.75, 3.05) is 0 Å². The van der Waals surface area contributed by atoms with Crippen molar-refractivity contribution in [2.24, 2.45) is 0 Å². The van der Waals surface area contributed by atoms with Gasteiger partial charge in [-0.15, -0.1) is 0 Å². The SMILES string of the molecule is CC(C=C([Si](C)(C)C)[Si](C)(C)C)(c1ccccc1)c1ccccc1. The minimum atomic E-state index is -1.37. The average Bonchev–Trinajstić information content (AvgIpc) is 2.52. The minimum absolute atomic E-state index is 0.0710. The van der Waals surface area contributed by atoms with Crippen molar-refractivity contribution in [2.45, 2.75) is 51.6 Å². The molecule has 2 rings (SSSR count). The predicted octanol–water partition coefficient (Wildman–Crippen LogP) is 6.67. The van der Waals surface area contributed by atoms with Gasteiger partial charge in [-0.1, -0.05) is 111 Å². The summed E-state index contributed by atoms with van der Waals surface area (Å²) in [6.45, 7) is 17.3. The van der Waals surface area contributed by atoms with Gasteiger partial charge in [-0.2, -0.15) is 0 Å². The maximum atomic E-state index is 2.64. The van der Waals surface area contributed by atoms with Crippen molar-refractivity contribution in [1.29, 1.82) is 0 Å². The first-order valence-corrected chi connectivity index (χ1v) is 15.9. The summed E-state index contributed by atoms with van der Waals surface area (Å²) in [6, 6.07) is 21.9. The lowest BCUT2D eigenvalue weighted by atomic mass is 9.76. The Morgan fingerprint density at radius 3 is 1.29 bits per heavy atom. The predicted molar refractivity (Wildman–Crippen MR) is 114 cm³/mol. The molecular weight excluding hydrogens is 320 g/mol. The smallest absolute Gasteiger partial charge is 0.0678 e. The number of benzene rings is 2. The first-order valence-electron chi connectivity index (χ1n) is 8.90. The summed E-state index contributed by atoms with van der Waals surface area (Å²) in [5.41, 5.74) is 2.69. The molecule has 0 N–H and O–H groups in total. The van der Waals surface area contributed by atoms with Crippen molar-refractivity contribution in [1.82, 2.24) is 0 Å². The van der Waals surface area contributed by atoms with Crippen LogP contribution in [0.1, 0.15) is 18.1 Å². The van der Waals surface area contributed by atoms with Crippen LogP contribution in [0.15, 0.2) is 71.6 Å². The van der Waals surface area contributed by atoms with Crippen LogP contribution in [0, 0.1) is 0 Å². The van der Waals surface area contributed by atoms with E-state index in [0.717, 1.165) is 0 Å². The molecule has 0 bridgehead atoms. The molecule has 2 heteroatoms. The van der Waals surface area contributed by atoms with Gasteiger partial charge in [-0.25, -0.2) is 0 Å². The molecule has 0 aliphatic rings. The molecular formula is C22H32Si2. The van der Waals surface area contributed by atoms with Crippen molar-refractivity contribution >= 4 is 16.1 Å². The highest BCUT2D eigenvalue weighted by Crippen LogP contribution is 2.38. The van der Waals surface area contributed by atoms with E-state index in [4.69, 9.17) is 0 Å². The van der Waals surface area contributed by atoms with Crippen LogP contribution in [0.25, 0.3) is 0 Å². The highest BCUT2D eigenvalue weighted by Gasteiger charge is 2.35. The molecule has 24 heavy (non-hydrogen) atoms. The number of allylic oxidation sites excluding steroid dienone is 1. The lowest BCUT2D eigenvalue weighted by Gasteiger charge is -2.37. The normalized spacial score (nSPS) is 12.8. The zero-order valence-electron chi connectivity index (χ0n) is 16.4. The molecule has 2 aromatic carbocycles. The third-order valence-corrected chi connectivity index (χ3v) is 12.8. The lowest BCUT2D eigenvalue weighted by Crippen LogP contribution is -2.42. The molecule has 0 fully saturated rings. The van der Waals surface area contributed by atoms with E-state index in [-0.39, 0.29) is 5.41 Å². The van der Waals surface area contributed by atoms with E-state index in [9.17, 15) is 0 Å². The van der Waals surface area contributed by atoms with E-state index in [1.807, 2.05) is 0 Å². The molecule has 0 nitrogen and oxygen atoms in total. The quantitative estimate of drug-likeness (QED) is 0.527. The van der Waals surface area contributed by atoms with Gasteiger partial charge in [0.15, 0.2) is 0 Å². The fourth-order valence-electron chi connectivity index (χ4n) is 3.75. The van der Waals surface area contributed by atoms with Crippen LogP contribution < -0.4 is 0 Å². The van der Waals surface area contributed by atoms with Gasteiger partial charge in [0.1, 0.15) is 0 Å². The second kappa shape index (κ2) is 6.85. The molecule has 0 saturated heterocycles. The molecule has 0 radical (unpaired) electrons. The van der Waals surface area contributed by atoms with Crippen LogP contribution >= 0.6 is 0 Å². The fraction of sp³-hybridized carbons (Fsp3) is 0.364. The summed E-state index contributed by atoms with van der Waals surface area (Å²) >= 11 is 0. The summed E-state index contributed by atoms with van der Waals surface area (Å²) in [5.74, 6) is 0. The monoisotopic (exact) mass is 352 g/mol. The van der Waals surface area contributed by atoms with Crippen LogP contribution in [0.3, 0.4) is 0 Å². The molecule has 0 aliphatic carbocycles. The summed E-state index contributed by atoms with van der Waals surface area (Å²) in [5, 5.41) is 0. The van der Waals surface area contributed by atoms with Gasteiger partial charge in [0.2, 0.25) is 0 Å². The summed E-state index contributed by atoms with van der Waals surface area (Å²) < 4.78 is 0. The fourth-order valence-corrected chi connectivity index (χ4v) is 14.2. The van der Waals surface area contributed by atoms with Crippen molar-refractivity contribution in [3.05, 3.63) is 82.7 Å². The van der Waals surface area contributed by atoms with Gasteiger partial charge in [0.05, 0.1) is 16.1 Å². The largest absolute Gasteiger partial charge is 0.0938 e. The maximum Gasteiger partial charge on any atom is 0.0678 e. The molecule has 0 unspecified atom stereocenters. The zero-order valence-corrected chi connectivity index (χ0v) is 18.4. The number of hydrogen-bond acceptors (Lipinski definition) is 0. The van der Waals surface area contributed by atoms with E-state index in [2.05, 4.69) is 113 Å². The second-order valence-corrected chi connectivity index (χ2v) is 19.6. The highest BCUT2D eigenvalue weighted by atomic mass is 28.4. The number of hydrogen-bond donors (Lipinski definition) is 0. The van der Waals surface area contributed by atoms with Gasteiger partial charge in [0, 0.05) is 5.41 Å². The van der Waals surface area contributed by atoms with E-state index in [1.54, 1.807) is 4.82 Å². The molecule has 0 aliphatic heterocycles. The van der Waals surface area contributed by atoms with Gasteiger partial charge < -0.3 is 0 Å². The highest BCUT2D eigenvalue weighted by molar-refractivity contribution is 7.04. The van der Waals surface area contributed by atoms with E-state index < -0.39 is 16.1 Å². The van der Waals surface area contributed by atoms with E-state index in [1.165, 1.54) is 11.1 Å². The number of rotatable bonds is 5. The second-order valence-electron chi connectivity index (χ2n) is 8.99. The van der Waals surface area contributed by atoms with Gasteiger partial charge in [-0.3, -0.25) is 0 Å². The molecule has 0 amide bonds. The van der Waals surface area contributed by atoms with Crippen LogP contribution in [-0.4, -0.2) is 16.1 Å². The molecule has 0 saturated carbocycles. The van der Waals surface area contributed by atoms with Crippen LogP contribution in [-0.2, 0) is 5.41 Å². The van der Waals surface area contributed by atoms with Gasteiger partial charge >= 0.3 is 0 Å². The molecule has 0 atom stereocenters. The molecule has 128 valence electrons. The summed E-state index contributed by atoms with van der Waals surface area (Å²) in [6.07, 6.45) is 2.64. The van der Waals surface area contributed by atoms with Gasteiger partial charge in [-0.05, 0) is 18.1 Å². The molecule has 2 aromatic rings. The Morgan fingerprint density at radius 1 is 0.667 bits per heavy atom. The Labute approximate surface area is 150 Å². The third-order valence-electron chi connectivity index (χ3n) is 4.80. The molecule has 0 heterocycles. The van der Waals surface area contributed by atoms with E-state index >= 15 is 0 Å². The van der Waals surface area contributed by atoms with Crippen LogP contribution in [0.2, 0.25) is 39.3 Å². The Balaban J connectivity index is 2.74. The van der Waals surface area contributed by atoms with Crippen molar-refractivity contribution in [3.63, 3.8) is 0 Å². The minimum Gasteiger partial charge on any atom is -0.0938 e. The Kier molecular flexibility index (Phi) is 5.41. The lowest BCUT2D eigenvalue weighted by molar-refractivity contribution is 0.722. The summed E-state index contributed by atoms with van der Waals surface area (Å²) in [4.78, 5) is 1.77. The topological polar surface area (TPSA) is 0 Å². The summed E-state index contributed by atoms with van der Waals surface area (Å²) in [7, 11) is -2.75. The van der Waals surface area contributed by atoms with Crippen LogP contribution in [0.5, 0.6) is 0 Å². The molecule has 0 aromatic heterocycles. The Morgan fingerprint density at radius 2 is 1.00 bits per heavy atom. The van der Waals surface area contributed by atoms with Gasteiger partial charge in [0.25, 0.3) is 0 Å². The maximum absolute atomic E-state index is 2.64.